The third-order valence-electron chi connectivity index (χ3n) is 9.32. The van der Waals surface area contributed by atoms with Crippen molar-refractivity contribution in [3.63, 3.8) is 0 Å². The number of benzene rings is 2. The molecule has 3 unspecified atom stereocenters. The molecule has 11 heteroatoms. The van der Waals surface area contributed by atoms with Crippen LogP contribution in [0.5, 0.6) is 0 Å². The van der Waals surface area contributed by atoms with Gasteiger partial charge in [0.15, 0.2) is 0 Å². The van der Waals surface area contributed by atoms with E-state index in [-0.39, 0.29) is 43.5 Å². The second kappa shape index (κ2) is 19.8. The van der Waals surface area contributed by atoms with E-state index in [2.05, 4.69) is 49.6 Å². The summed E-state index contributed by atoms with van der Waals surface area (Å²) < 4.78 is 23.6. The Bertz CT molecular complexity index is 1600. The number of hydrogen-bond donors (Lipinski definition) is 0. The summed E-state index contributed by atoms with van der Waals surface area (Å²) in [6, 6.07) is 17.8. The maximum atomic E-state index is 14.2. The molecule has 0 spiro atoms. The van der Waals surface area contributed by atoms with E-state index in [0.29, 0.717) is 39.0 Å². The van der Waals surface area contributed by atoms with Crippen molar-refractivity contribution in [3.05, 3.63) is 71.8 Å². The number of carbonyl (C=O) groups is 4. The van der Waals surface area contributed by atoms with Crippen molar-refractivity contribution in [2.24, 2.45) is 5.41 Å². The van der Waals surface area contributed by atoms with Crippen LogP contribution in [0.1, 0.15) is 114 Å². The minimum Gasteiger partial charge on any atom is -0.461 e. The van der Waals surface area contributed by atoms with E-state index in [0.717, 1.165) is 11.1 Å². The third-order valence-corrected chi connectivity index (χ3v) is 9.32. The number of aryl methyl sites for hydroxylation is 1. The lowest BCUT2D eigenvalue weighted by Gasteiger charge is -2.47. The third kappa shape index (κ3) is 17.3. The first-order valence-electron chi connectivity index (χ1n) is 20.4. The van der Waals surface area contributed by atoms with E-state index in [1.165, 1.54) is 0 Å². The highest BCUT2D eigenvalue weighted by atomic mass is 16.6. The lowest BCUT2D eigenvalue weighted by atomic mass is 9.90. The van der Waals surface area contributed by atoms with Crippen molar-refractivity contribution in [2.75, 3.05) is 39.3 Å². The van der Waals surface area contributed by atoms with Gasteiger partial charge in [0.2, 0.25) is 0 Å². The molecule has 1 aliphatic heterocycles. The van der Waals surface area contributed by atoms with Crippen LogP contribution in [0.4, 0.5) is 0 Å². The summed E-state index contributed by atoms with van der Waals surface area (Å²) in [5.41, 5.74) is -1.41. The molecule has 0 aliphatic carbocycles. The molecular weight excluding hydrogens is 723 g/mol. The highest BCUT2D eigenvalue weighted by molar-refractivity contribution is 5.83. The van der Waals surface area contributed by atoms with Crippen LogP contribution in [-0.2, 0) is 51.2 Å². The molecule has 1 fully saturated rings. The van der Waals surface area contributed by atoms with Crippen molar-refractivity contribution < 1.29 is 38.1 Å². The lowest BCUT2D eigenvalue weighted by Crippen LogP contribution is -2.63. The van der Waals surface area contributed by atoms with Crippen LogP contribution in [0, 0.1) is 5.41 Å². The Balaban J connectivity index is 2.15. The molecule has 57 heavy (non-hydrogen) atoms. The van der Waals surface area contributed by atoms with E-state index in [1.807, 2.05) is 95.0 Å². The van der Waals surface area contributed by atoms with Gasteiger partial charge in [-0.2, -0.15) is 0 Å². The van der Waals surface area contributed by atoms with E-state index in [9.17, 15) is 19.2 Å². The first-order valence-corrected chi connectivity index (χ1v) is 20.4. The van der Waals surface area contributed by atoms with E-state index in [1.54, 1.807) is 20.8 Å². The maximum Gasteiger partial charge on any atom is 0.324 e. The standard InChI is InChI=1S/C46H71N3O8/c1-42(2,3)31-49(29-39(51)55-43(4,5)6)46(13)32-47(36(40(52)56-44(7,8)9)25-24-34-20-16-14-17-21-34)26-27-48(33-46)37(41(53)57-45(10,11)12)28-38(50)54-30-35-22-18-15-19-23-35/h14-23,36-37H,24-33H2,1-13H3. The Morgan fingerprint density at radius 3 is 1.58 bits per heavy atom. The second-order valence-electron chi connectivity index (χ2n) is 19.9. The normalized spacial score (nSPS) is 18.6. The van der Waals surface area contributed by atoms with Crippen LogP contribution in [0.15, 0.2) is 60.7 Å². The fourth-order valence-corrected chi connectivity index (χ4v) is 7.07. The molecule has 11 nitrogen and oxygen atoms in total. The van der Waals surface area contributed by atoms with Gasteiger partial charge in [0.1, 0.15) is 35.5 Å². The topological polar surface area (TPSA) is 115 Å². The molecule has 0 N–H and O–H groups in total. The first kappa shape index (κ1) is 47.6. The van der Waals surface area contributed by atoms with Gasteiger partial charge in [-0.15, -0.1) is 0 Å². The predicted molar refractivity (Wildman–Crippen MR) is 223 cm³/mol. The minimum absolute atomic E-state index is 0.0237. The van der Waals surface area contributed by atoms with Crippen LogP contribution in [0.3, 0.4) is 0 Å². The molecule has 2 aromatic rings. The zero-order valence-corrected chi connectivity index (χ0v) is 37.1. The van der Waals surface area contributed by atoms with Gasteiger partial charge < -0.3 is 18.9 Å². The number of rotatable bonds is 15. The monoisotopic (exact) mass is 794 g/mol. The molecule has 1 aliphatic rings. The van der Waals surface area contributed by atoms with Gasteiger partial charge in [0, 0.05) is 38.3 Å². The molecular formula is C46H71N3O8. The summed E-state index contributed by atoms with van der Waals surface area (Å²) in [6.45, 7) is 26.8. The predicted octanol–water partition coefficient (Wildman–Crippen LogP) is 7.24. The van der Waals surface area contributed by atoms with Crippen LogP contribution < -0.4 is 0 Å². The van der Waals surface area contributed by atoms with Gasteiger partial charge >= 0.3 is 23.9 Å². The Morgan fingerprint density at radius 1 is 0.649 bits per heavy atom. The Kier molecular flexibility index (Phi) is 16.5. The van der Waals surface area contributed by atoms with E-state index < -0.39 is 46.4 Å². The summed E-state index contributed by atoms with van der Waals surface area (Å²) in [6.07, 6.45) is 0.882. The highest BCUT2D eigenvalue weighted by Gasteiger charge is 2.46. The van der Waals surface area contributed by atoms with Gasteiger partial charge in [-0.1, -0.05) is 81.4 Å². The molecule has 1 saturated heterocycles. The van der Waals surface area contributed by atoms with Crippen molar-refractivity contribution in [1.82, 2.24) is 14.7 Å². The van der Waals surface area contributed by atoms with E-state index >= 15 is 0 Å². The SMILES string of the molecule is CC(C)(C)CN(CC(=O)OC(C)(C)C)C1(C)CN(C(CCc2ccccc2)C(=O)OC(C)(C)C)CCN(C(CC(=O)OCc2ccccc2)C(=O)OC(C)(C)C)C1. The minimum atomic E-state index is -1.01. The zero-order valence-electron chi connectivity index (χ0n) is 37.1. The summed E-state index contributed by atoms with van der Waals surface area (Å²) in [5.74, 6) is -1.79. The second-order valence-corrected chi connectivity index (χ2v) is 19.9. The zero-order chi connectivity index (χ0) is 42.8. The fraction of sp³-hybridized carbons (Fsp3) is 0.652. The highest BCUT2D eigenvalue weighted by Crippen LogP contribution is 2.31. The molecule has 1 heterocycles. The van der Waals surface area contributed by atoms with Gasteiger partial charge in [-0.25, -0.2) is 0 Å². The average molecular weight is 794 g/mol. The van der Waals surface area contributed by atoms with Crippen LogP contribution in [-0.4, -0.2) is 112 Å². The Hall–Kier alpha value is -3.80. The van der Waals surface area contributed by atoms with Crippen molar-refractivity contribution >= 4 is 23.9 Å². The van der Waals surface area contributed by atoms with Crippen molar-refractivity contribution in [1.29, 1.82) is 0 Å². The molecule has 0 aromatic heterocycles. The van der Waals surface area contributed by atoms with Crippen molar-refractivity contribution in [2.45, 2.75) is 150 Å². The Labute approximate surface area is 342 Å². The van der Waals surface area contributed by atoms with Crippen LogP contribution in [0.2, 0.25) is 0 Å². The molecule has 0 saturated carbocycles. The van der Waals surface area contributed by atoms with Crippen LogP contribution >= 0.6 is 0 Å². The number of carbonyl (C=O) groups excluding carboxylic acids is 4. The molecule has 2 aromatic carbocycles. The summed E-state index contributed by atoms with van der Waals surface area (Å²) in [4.78, 5) is 62.0. The first-order chi connectivity index (χ1) is 26.2. The van der Waals surface area contributed by atoms with Gasteiger partial charge in [0.05, 0.1) is 13.0 Å². The lowest BCUT2D eigenvalue weighted by molar-refractivity contribution is -0.167. The molecule has 3 atom stereocenters. The Morgan fingerprint density at radius 2 is 1.11 bits per heavy atom. The quantitative estimate of drug-likeness (QED) is 0.134. The smallest absolute Gasteiger partial charge is 0.324 e. The fourth-order valence-electron chi connectivity index (χ4n) is 7.07. The molecule has 0 bridgehead atoms. The molecule has 0 radical (unpaired) electrons. The van der Waals surface area contributed by atoms with Gasteiger partial charge in [-0.3, -0.25) is 33.9 Å². The van der Waals surface area contributed by atoms with Crippen molar-refractivity contribution in [3.8, 4) is 0 Å². The summed E-state index contributed by atoms with van der Waals surface area (Å²) in [7, 11) is 0. The number of esters is 4. The van der Waals surface area contributed by atoms with E-state index in [4.69, 9.17) is 18.9 Å². The number of ether oxygens (including phenoxy) is 4. The molecule has 3 rings (SSSR count). The number of nitrogens with zero attached hydrogens (tertiary/aromatic N) is 3. The van der Waals surface area contributed by atoms with Gasteiger partial charge in [-0.05, 0) is 98.6 Å². The maximum absolute atomic E-state index is 14.2. The average Bonchev–Trinajstić information content (AvgIpc) is 3.23. The summed E-state index contributed by atoms with van der Waals surface area (Å²) in [5, 5.41) is 0. The van der Waals surface area contributed by atoms with Crippen LogP contribution in [0.25, 0.3) is 0 Å². The van der Waals surface area contributed by atoms with Gasteiger partial charge in [0.25, 0.3) is 0 Å². The largest absolute Gasteiger partial charge is 0.461 e. The molecule has 318 valence electrons. The number of hydrogen-bond acceptors (Lipinski definition) is 11. The summed E-state index contributed by atoms with van der Waals surface area (Å²) >= 11 is 0. The molecule has 0 amide bonds.